The van der Waals surface area contributed by atoms with Gasteiger partial charge >= 0.3 is 5.97 Å². The van der Waals surface area contributed by atoms with Gasteiger partial charge in [0.15, 0.2) is 0 Å². The molecule has 0 spiro atoms. The number of rotatable bonds is 6. The number of amides is 1. The van der Waals surface area contributed by atoms with E-state index in [0.717, 1.165) is 25.8 Å². The smallest absolute Gasteiger partial charge is 0.326 e. The minimum Gasteiger partial charge on any atom is -0.480 e. The number of hydrogen-bond donors (Lipinski definition) is 1. The van der Waals surface area contributed by atoms with Crippen LogP contribution in [-0.2, 0) is 19.6 Å². The van der Waals surface area contributed by atoms with Crippen molar-refractivity contribution in [2.75, 3.05) is 33.7 Å². The van der Waals surface area contributed by atoms with Crippen LogP contribution in [0.3, 0.4) is 0 Å². The lowest BCUT2D eigenvalue weighted by molar-refractivity contribution is -0.153. The van der Waals surface area contributed by atoms with Crippen LogP contribution in [0.5, 0.6) is 0 Å². The maximum Gasteiger partial charge on any atom is 0.326 e. The SMILES string of the molecule is CC(C)[C@@H](C(=O)O)N(C)C(=O)C1CCN(S(=O)(=O)[C@H]2CCCCCN2C)CC1. The molecule has 0 saturated carbocycles. The van der Waals surface area contributed by atoms with Gasteiger partial charge in [0.05, 0.1) is 0 Å². The Labute approximate surface area is 168 Å². The third-order valence-electron chi connectivity index (χ3n) is 6.11. The summed E-state index contributed by atoms with van der Waals surface area (Å²) in [5.41, 5.74) is 0. The molecule has 9 heteroatoms. The van der Waals surface area contributed by atoms with Gasteiger partial charge in [0.1, 0.15) is 11.4 Å². The minimum atomic E-state index is -3.43. The lowest BCUT2D eigenvalue weighted by Crippen LogP contribution is -2.52. The van der Waals surface area contributed by atoms with Crippen LogP contribution in [0.4, 0.5) is 0 Å². The molecule has 28 heavy (non-hydrogen) atoms. The number of sulfonamides is 1. The Bertz CT molecular complexity index is 658. The summed E-state index contributed by atoms with van der Waals surface area (Å²) >= 11 is 0. The van der Waals surface area contributed by atoms with Gasteiger partial charge in [-0.25, -0.2) is 17.5 Å². The number of carboxylic acid groups (broad SMARTS) is 1. The van der Waals surface area contributed by atoms with E-state index in [1.807, 2.05) is 11.9 Å². The molecule has 0 aliphatic carbocycles. The van der Waals surface area contributed by atoms with Gasteiger partial charge in [-0.1, -0.05) is 26.7 Å². The number of piperidine rings is 1. The van der Waals surface area contributed by atoms with E-state index in [1.54, 1.807) is 13.8 Å². The van der Waals surface area contributed by atoms with Crippen molar-refractivity contribution in [3.8, 4) is 0 Å². The first-order valence-electron chi connectivity index (χ1n) is 10.3. The van der Waals surface area contributed by atoms with Crippen molar-refractivity contribution >= 4 is 21.9 Å². The Morgan fingerprint density at radius 1 is 1.04 bits per heavy atom. The van der Waals surface area contributed by atoms with E-state index in [-0.39, 0.29) is 17.7 Å². The molecule has 2 aliphatic heterocycles. The van der Waals surface area contributed by atoms with Crippen molar-refractivity contribution in [3.63, 3.8) is 0 Å². The maximum atomic E-state index is 13.1. The molecule has 0 aromatic heterocycles. The monoisotopic (exact) mass is 417 g/mol. The summed E-state index contributed by atoms with van der Waals surface area (Å²) in [5, 5.41) is 8.93. The molecular weight excluding hydrogens is 382 g/mol. The minimum absolute atomic E-state index is 0.197. The van der Waals surface area contributed by atoms with E-state index < -0.39 is 27.4 Å². The van der Waals surface area contributed by atoms with Crippen molar-refractivity contribution < 1.29 is 23.1 Å². The number of likely N-dealkylation sites (tertiary alicyclic amines) is 1. The van der Waals surface area contributed by atoms with Gasteiger partial charge in [0.25, 0.3) is 0 Å². The Morgan fingerprint density at radius 2 is 1.64 bits per heavy atom. The molecule has 0 aromatic carbocycles. The van der Waals surface area contributed by atoms with E-state index in [2.05, 4.69) is 0 Å². The summed E-state index contributed by atoms with van der Waals surface area (Å²) < 4.78 is 27.8. The van der Waals surface area contributed by atoms with Gasteiger partial charge in [-0.2, -0.15) is 0 Å². The Morgan fingerprint density at radius 3 is 2.18 bits per heavy atom. The van der Waals surface area contributed by atoms with Crippen molar-refractivity contribution in [1.82, 2.24) is 14.1 Å². The van der Waals surface area contributed by atoms with Gasteiger partial charge in [0, 0.05) is 26.1 Å². The molecule has 8 nitrogen and oxygen atoms in total. The molecule has 2 heterocycles. The first-order valence-corrected chi connectivity index (χ1v) is 11.8. The second-order valence-corrected chi connectivity index (χ2v) is 10.6. The Kier molecular flexibility index (Phi) is 7.87. The second kappa shape index (κ2) is 9.54. The van der Waals surface area contributed by atoms with Crippen LogP contribution < -0.4 is 0 Å². The molecule has 0 radical (unpaired) electrons. The zero-order valence-electron chi connectivity index (χ0n) is 17.5. The Balaban J connectivity index is 2.01. The van der Waals surface area contributed by atoms with Crippen LogP contribution in [0.25, 0.3) is 0 Å². The van der Waals surface area contributed by atoms with Crippen LogP contribution in [0.1, 0.15) is 52.4 Å². The van der Waals surface area contributed by atoms with Crippen molar-refractivity contribution in [2.24, 2.45) is 11.8 Å². The van der Waals surface area contributed by atoms with E-state index in [4.69, 9.17) is 0 Å². The number of carbonyl (C=O) groups excluding carboxylic acids is 1. The predicted molar refractivity (Wildman–Crippen MR) is 107 cm³/mol. The van der Waals surface area contributed by atoms with Gasteiger partial charge < -0.3 is 10.0 Å². The summed E-state index contributed by atoms with van der Waals surface area (Å²) in [6.07, 6.45) is 4.51. The fourth-order valence-corrected chi connectivity index (χ4v) is 6.54. The summed E-state index contributed by atoms with van der Waals surface area (Å²) in [7, 11) is -0.0257. The van der Waals surface area contributed by atoms with Crippen LogP contribution in [0.2, 0.25) is 0 Å². The highest BCUT2D eigenvalue weighted by atomic mass is 32.2. The number of nitrogens with zero attached hydrogens (tertiary/aromatic N) is 3. The molecule has 0 bridgehead atoms. The molecule has 2 saturated heterocycles. The normalized spacial score (nSPS) is 24.7. The number of aliphatic carboxylic acids is 1. The number of hydrogen-bond acceptors (Lipinski definition) is 5. The molecule has 1 N–H and O–H groups in total. The first kappa shape index (κ1) is 23.1. The number of carbonyl (C=O) groups is 2. The zero-order valence-corrected chi connectivity index (χ0v) is 18.3. The number of likely N-dealkylation sites (N-methyl/N-ethyl adjacent to an activating group) is 1. The third kappa shape index (κ3) is 5.04. The van der Waals surface area contributed by atoms with Gasteiger partial charge in [-0.15, -0.1) is 0 Å². The first-order chi connectivity index (χ1) is 13.1. The number of carboxylic acids is 1. The highest BCUT2D eigenvalue weighted by Crippen LogP contribution is 2.28. The summed E-state index contributed by atoms with van der Waals surface area (Å²) in [6, 6.07) is -0.867. The molecular formula is C19H35N3O5S. The fraction of sp³-hybridized carbons (Fsp3) is 0.895. The van der Waals surface area contributed by atoms with Gasteiger partial charge in [-0.05, 0) is 45.2 Å². The lowest BCUT2D eigenvalue weighted by Gasteiger charge is -2.37. The van der Waals surface area contributed by atoms with Crippen molar-refractivity contribution in [3.05, 3.63) is 0 Å². The average molecular weight is 418 g/mol. The third-order valence-corrected chi connectivity index (χ3v) is 8.48. The second-order valence-electron chi connectivity index (χ2n) is 8.48. The van der Waals surface area contributed by atoms with Crippen LogP contribution in [-0.4, -0.2) is 84.7 Å². The topological polar surface area (TPSA) is 98.2 Å². The average Bonchev–Trinajstić information content (AvgIpc) is 2.85. The zero-order chi connectivity index (χ0) is 21.1. The van der Waals surface area contributed by atoms with Crippen molar-refractivity contribution in [1.29, 1.82) is 0 Å². The van der Waals surface area contributed by atoms with Gasteiger partial charge in [0.2, 0.25) is 15.9 Å². The summed E-state index contributed by atoms with van der Waals surface area (Å²) in [4.78, 5) is 27.5. The molecule has 162 valence electrons. The largest absolute Gasteiger partial charge is 0.480 e. The fourth-order valence-electron chi connectivity index (χ4n) is 4.45. The highest BCUT2D eigenvalue weighted by molar-refractivity contribution is 7.89. The van der Waals surface area contributed by atoms with Crippen LogP contribution >= 0.6 is 0 Å². The molecule has 0 unspecified atom stereocenters. The van der Waals surface area contributed by atoms with Crippen molar-refractivity contribution in [2.45, 2.75) is 63.8 Å². The van der Waals surface area contributed by atoms with E-state index in [1.165, 1.54) is 16.3 Å². The van der Waals surface area contributed by atoms with Crippen LogP contribution in [0, 0.1) is 11.8 Å². The summed E-state index contributed by atoms with van der Waals surface area (Å²) in [6.45, 7) is 4.98. The van der Waals surface area contributed by atoms with Gasteiger partial charge in [-0.3, -0.25) is 9.69 Å². The highest BCUT2D eigenvalue weighted by Gasteiger charge is 2.40. The maximum absolute atomic E-state index is 13.1. The Hall–Kier alpha value is -1.19. The summed E-state index contributed by atoms with van der Waals surface area (Å²) in [5.74, 6) is -1.74. The molecule has 2 rings (SSSR count). The molecule has 2 aliphatic rings. The van der Waals surface area contributed by atoms with E-state index in [9.17, 15) is 23.1 Å². The quantitative estimate of drug-likeness (QED) is 0.702. The molecule has 2 atom stereocenters. The molecule has 1 amide bonds. The molecule has 2 fully saturated rings. The van der Waals surface area contributed by atoms with E-state index >= 15 is 0 Å². The molecule has 0 aromatic rings. The lowest BCUT2D eigenvalue weighted by atomic mass is 9.94. The standard InChI is InChI=1S/C19H35N3O5S/c1-14(2)17(19(24)25)21(4)18(23)15-9-12-22(13-10-15)28(26,27)16-8-6-5-7-11-20(16)3/h14-17H,5-13H2,1-4H3,(H,24,25)/t16-,17-/m0/s1. The van der Waals surface area contributed by atoms with E-state index in [0.29, 0.717) is 32.4 Å². The van der Waals surface area contributed by atoms with Crippen LogP contribution in [0.15, 0.2) is 0 Å². The predicted octanol–water partition coefficient (Wildman–Crippen LogP) is 1.43.